The molecule has 1 unspecified atom stereocenters. The standard InChI is InChI=1S/C25H25F2N7O3/c1-28-24(35)14-5-18(22(27)21(26)6-14)19-8-30-34-12-20(15-7-29-33(9-15)16-10-32(2)11-16)25(31-23(19)34)37-17-3-4-36-13-17/h5-9,12,16-17H,3-4,10-11,13H2,1-2H3,(H,28,35). The Hall–Kier alpha value is -3.90. The van der Waals surface area contributed by atoms with Crippen molar-refractivity contribution in [2.24, 2.45) is 0 Å². The van der Waals surface area contributed by atoms with Gasteiger partial charge in [0.15, 0.2) is 17.3 Å². The molecule has 3 aromatic heterocycles. The number of fused-ring (bicyclic) bond motifs is 1. The number of amides is 1. The number of hydrogen-bond donors (Lipinski definition) is 1. The zero-order valence-corrected chi connectivity index (χ0v) is 20.3. The van der Waals surface area contributed by atoms with E-state index < -0.39 is 17.5 Å². The number of carbonyl (C=O) groups is 1. The van der Waals surface area contributed by atoms with E-state index in [-0.39, 0.29) is 28.4 Å². The van der Waals surface area contributed by atoms with Gasteiger partial charge in [0.2, 0.25) is 5.88 Å². The van der Waals surface area contributed by atoms with Crippen molar-refractivity contribution < 1.29 is 23.0 Å². The third kappa shape index (κ3) is 4.21. The topological polar surface area (TPSA) is 98.8 Å². The second-order valence-corrected chi connectivity index (χ2v) is 9.37. The van der Waals surface area contributed by atoms with Crippen molar-refractivity contribution in [2.75, 3.05) is 40.4 Å². The van der Waals surface area contributed by atoms with Crippen molar-refractivity contribution in [1.82, 2.24) is 34.6 Å². The molecule has 2 fully saturated rings. The average Bonchev–Trinajstić information content (AvgIpc) is 3.64. The van der Waals surface area contributed by atoms with E-state index >= 15 is 0 Å². The van der Waals surface area contributed by atoms with Gasteiger partial charge in [0, 0.05) is 61.2 Å². The lowest BCUT2D eigenvalue weighted by Gasteiger charge is -2.36. The van der Waals surface area contributed by atoms with E-state index in [9.17, 15) is 13.6 Å². The summed E-state index contributed by atoms with van der Waals surface area (Å²) in [6.45, 7) is 2.85. The van der Waals surface area contributed by atoms with Gasteiger partial charge in [-0.05, 0) is 19.2 Å². The van der Waals surface area contributed by atoms with Gasteiger partial charge >= 0.3 is 0 Å². The van der Waals surface area contributed by atoms with Crippen LogP contribution < -0.4 is 10.1 Å². The molecule has 5 heterocycles. The van der Waals surface area contributed by atoms with Gasteiger partial charge in [-0.15, -0.1) is 0 Å². The van der Waals surface area contributed by atoms with Crippen molar-refractivity contribution in [3.8, 4) is 28.1 Å². The van der Waals surface area contributed by atoms with Crippen LogP contribution >= 0.6 is 0 Å². The van der Waals surface area contributed by atoms with Gasteiger partial charge in [-0.1, -0.05) is 0 Å². The molecule has 0 bridgehead atoms. The fourth-order valence-electron chi connectivity index (χ4n) is 4.71. The van der Waals surface area contributed by atoms with Crippen LogP contribution in [0.15, 0.2) is 36.9 Å². The SMILES string of the molecule is CNC(=O)c1cc(F)c(F)c(-c2cnn3cc(-c4cnn(C5CN(C)C5)c4)c(OC4CCOC4)nc23)c1. The first-order valence-electron chi connectivity index (χ1n) is 12.0. The number of nitrogens with one attached hydrogen (secondary N) is 1. The summed E-state index contributed by atoms with van der Waals surface area (Å²) >= 11 is 0. The highest BCUT2D eigenvalue weighted by molar-refractivity contribution is 5.96. The van der Waals surface area contributed by atoms with Crippen molar-refractivity contribution in [3.05, 3.63) is 54.1 Å². The maximum Gasteiger partial charge on any atom is 0.251 e. The molecule has 1 aromatic carbocycles. The summed E-state index contributed by atoms with van der Waals surface area (Å²) in [6.07, 6.45) is 7.35. The third-order valence-corrected chi connectivity index (χ3v) is 6.76. The summed E-state index contributed by atoms with van der Waals surface area (Å²) in [5.74, 6) is -2.45. The van der Waals surface area contributed by atoms with Crippen LogP contribution in [0, 0.1) is 11.6 Å². The molecular formula is C25H25F2N7O3. The molecule has 2 aliphatic rings. The monoisotopic (exact) mass is 509 g/mol. The minimum atomic E-state index is -1.14. The Kier molecular flexibility index (Phi) is 5.84. The first kappa shape index (κ1) is 23.5. The van der Waals surface area contributed by atoms with Gasteiger partial charge < -0.3 is 19.7 Å². The maximum absolute atomic E-state index is 14.9. The summed E-state index contributed by atoms with van der Waals surface area (Å²) < 4.78 is 44.5. The lowest BCUT2D eigenvalue weighted by Crippen LogP contribution is -2.45. The van der Waals surface area contributed by atoms with Gasteiger partial charge in [-0.2, -0.15) is 15.2 Å². The van der Waals surface area contributed by atoms with Crippen molar-refractivity contribution in [1.29, 1.82) is 0 Å². The molecule has 4 aromatic rings. The fourth-order valence-corrected chi connectivity index (χ4v) is 4.71. The van der Waals surface area contributed by atoms with E-state index in [1.165, 1.54) is 23.8 Å². The highest BCUT2D eigenvalue weighted by atomic mass is 19.2. The van der Waals surface area contributed by atoms with Crippen LogP contribution in [-0.2, 0) is 4.74 Å². The number of rotatable bonds is 6. The molecule has 2 aliphatic heterocycles. The Morgan fingerprint density at radius 1 is 1.14 bits per heavy atom. The molecule has 0 spiro atoms. The maximum atomic E-state index is 14.9. The van der Waals surface area contributed by atoms with Crippen molar-refractivity contribution in [3.63, 3.8) is 0 Å². The lowest BCUT2D eigenvalue weighted by atomic mass is 10.0. The minimum absolute atomic E-state index is 0.0130. The summed E-state index contributed by atoms with van der Waals surface area (Å²) in [5.41, 5.74) is 1.83. The van der Waals surface area contributed by atoms with E-state index in [1.54, 1.807) is 12.4 Å². The zero-order valence-electron chi connectivity index (χ0n) is 20.3. The highest BCUT2D eigenvalue weighted by Gasteiger charge is 2.27. The first-order valence-corrected chi connectivity index (χ1v) is 12.0. The average molecular weight is 510 g/mol. The number of hydrogen-bond acceptors (Lipinski definition) is 7. The van der Waals surface area contributed by atoms with Gasteiger partial charge in [0.05, 0.1) is 37.2 Å². The van der Waals surface area contributed by atoms with E-state index in [4.69, 9.17) is 14.5 Å². The normalized spacial score (nSPS) is 18.3. The van der Waals surface area contributed by atoms with E-state index in [1.807, 2.05) is 10.9 Å². The van der Waals surface area contributed by atoms with Crippen LogP contribution in [0.5, 0.6) is 5.88 Å². The van der Waals surface area contributed by atoms with Gasteiger partial charge in [0.1, 0.15) is 6.10 Å². The van der Waals surface area contributed by atoms with Crippen molar-refractivity contribution in [2.45, 2.75) is 18.6 Å². The quantitative estimate of drug-likeness (QED) is 0.427. The molecule has 1 N–H and O–H groups in total. The second kappa shape index (κ2) is 9.20. The highest BCUT2D eigenvalue weighted by Crippen LogP contribution is 2.35. The fraction of sp³-hybridized carbons (Fsp3) is 0.360. The van der Waals surface area contributed by atoms with Crippen LogP contribution in [0.3, 0.4) is 0 Å². The summed E-state index contributed by atoms with van der Waals surface area (Å²) in [5, 5.41) is 11.3. The summed E-state index contributed by atoms with van der Waals surface area (Å²) in [4.78, 5) is 19.0. The van der Waals surface area contributed by atoms with Gasteiger partial charge in [-0.3, -0.25) is 9.48 Å². The molecular weight excluding hydrogens is 484 g/mol. The third-order valence-electron chi connectivity index (χ3n) is 6.76. The molecule has 10 nitrogen and oxygen atoms in total. The summed E-state index contributed by atoms with van der Waals surface area (Å²) in [7, 11) is 3.48. The van der Waals surface area contributed by atoms with Crippen LogP contribution in [0.1, 0.15) is 22.8 Å². The molecule has 0 aliphatic carbocycles. The number of aromatic nitrogens is 5. The van der Waals surface area contributed by atoms with Crippen LogP contribution in [0.4, 0.5) is 8.78 Å². The molecule has 192 valence electrons. The number of carbonyl (C=O) groups excluding carboxylic acids is 1. The number of ether oxygens (including phenoxy) is 2. The van der Waals surface area contributed by atoms with Crippen LogP contribution in [-0.4, -0.2) is 81.7 Å². The number of nitrogens with zero attached hydrogens (tertiary/aromatic N) is 6. The predicted molar refractivity (Wildman–Crippen MR) is 129 cm³/mol. The van der Waals surface area contributed by atoms with E-state index in [2.05, 4.69) is 27.5 Å². The largest absolute Gasteiger partial charge is 0.471 e. The van der Waals surface area contributed by atoms with Crippen molar-refractivity contribution >= 4 is 11.6 Å². The molecule has 12 heteroatoms. The Bertz CT molecular complexity index is 1490. The zero-order chi connectivity index (χ0) is 25.7. The van der Waals surface area contributed by atoms with E-state index in [0.717, 1.165) is 24.7 Å². The predicted octanol–water partition coefficient (Wildman–Crippen LogP) is 2.55. The molecule has 0 radical (unpaired) electrons. The smallest absolute Gasteiger partial charge is 0.251 e. The number of benzene rings is 1. The first-order chi connectivity index (χ1) is 17.9. The molecule has 6 rings (SSSR count). The second-order valence-electron chi connectivity index (χ2n) is 9.37. The summed E-state index contributed by atoms with van der Waals surface area (Å²) in [6, 6.07) is 2.44. The molecule has 0 saturated carbocycles. The lowest BCUT2D eigenvalue weighted by molar-refractivity contribution is 0.0962. The number of halogens is 2. The Morgan fingerprint density at radius 3 is 2.70 bits per heavy atom. The minimum Gasteiger partial charge on any atom is -0.471 e. The Labute approximate surface area is 210 Å². The van der Waals surface area contributed by atoms with Crippen LogP contribution in [0.2, 0.25) is 0 Å². The molecule has 2 saturated heterocycles. The Morgan fingerprint density at radius 2 is 1.97 bits per heavy atom. The molecule has 1 atom stereocenters. The van der Waals surface area contributed by atoms with Gasteiger partial charge in [0.25, 0.3) is 5.91 Å². The Balaban J connectivity index is 1.46. The van der Waals surface area contributed by atoms with Crippen LogP contribution in [0.25, 0.3) is 27.9 Å². The molecule has 1 amide bonds. The van der Waals surface area contributed by atoms with Gasteiger partial charge in [-0.25, -0.2) is 13.3 Å². The molecule has 37 heavy (non-hydrogen) atoms. The number of likely N-dealkylation sites (tertiary alicyclic amines) is 1. The number of likely N-dealkylation sites (N-methyl/N-ethyl adjacent to an activating group) is 1. The van der Waals surface area contributed by atoms with E-state index in [0.29, 0.717) is 37.1 Å².